The molecule has 4 N–H and O–H groups in total. The highest BCUT2D eigenvalue weighted by Crippen LogP contribution is 2.29. The molecule has 7 heteroatoms. The summed E-state index contributed by atoms with van der Waals surface area (Å²) in [4.78, 5) is 16.2. The van der Waals surface area contributed by atoms with Crippen LogP contribution >= 0.6 is 0 Å². The van der Waals surface area contributed by atoms with E-state index >= 15 is 0 Å². The molecule has 0 spiro atoms. The van der Waals surface area contributed by atoms with Gasteiger partial charge in [0.25, 0.3) is 5.91 Å². The van der Waals surface area contributed by atoms with Crippen LogP contribution in [0.3, 0.4) is 0 Å². The van der Waals surface area contributed by atoms with E-state index < -0.39 is 0 Å². The van der Waals surface area contributed by atoms with Gasteiger partial charge in [-0.2, -0.15) is 0 Å². The normalized spacial score (nSPS) is 9.86. The minimum Gasteiger partial charge on any atom is -0.497 e. The summed E-state index contributed by atoms with van der Waals surface area (Å²) in [5.74, 6) is 6.07. The zero-order valence-electron chi connectivity index (χ0n) is 11.7. The number of hydrogen-bond donors (Lipinski definition) is 3. The minimum atomic E-state index is -0.365. The van der Waals surface area contributed by atoms with Gasteiger partial charge in [0.2, 0.25) is 0 Å². The predicted octanol–water partition coefficient (Wildman–Crippen LogP) is 1.64. The highest BCUT2D eigenvalue weighted by molar-refractivity contribution is 6.04. The molecule has 7 nitrogen and oxygen atoms in total. The Labute approximate surface area is 122 Å². The molecule has 1 amide bonds. The summed E-state index contributed by atoms with van der Waals surface area (Å²) in [5.41, 5.74) is 3.82. The number of methoxy groups -OCH3 is 2. The van der Waals surface area contributed by atoms with Crippen molar-refractivity contribution in [2.24, 2.45) is 5.84 Å². The number of nitrogen functional groups attached to an aromatic ring is 1. The highest BCUT2D eigenvalue weighted by Gasteiger charge is 2.12. The number of nitrogens with one attached hydrogen (secondary N) is 2. The van der Waals surface area contributed by atoms with Gasteiger partial charge in [-0.1, -0.05) is 0 Å². The maximum absolute atomic E-state index is 12.2. The van der Waals surface area contributed by atoms with E-state index in [4.69, 9.17) is 15.3 Å². The molecule has 2 rings (SSSR count). The van der Waals surface area contributed by atoms with Crippen LogP contribution in [0, 0.1) is 0 Å². The second kappa shape index (κ2) is 6.58. The predicted molar refractivity (Wildman–Crippen MR) is 79.5 cm³/mol. The molecule has 0 fully saturated rings. The van der Waals surface area contributed by atoms with Crippen LogP contribution in [-0.2, 0) is 0 Å². The molecule has 0 radical (unpaired) electrons. The number of hydrogen-bond acceptors (Lipinski definition) is 6. The van der Waals surface area contributed by atoms with E-state index in [-0.39, 0.29) is 11.6 Å². The van der Waals surface area contributed by atoms with Crippen molar-refractivity contribution in [3.05, 3.63) is 42.2 Å². The summed E-state index contributed by atoms with van der Waals surface area (Å²) in [6, 6.07) is 8.31. The van der Waals surface area contributed by atoms with Crippen LogP contribution in [0.25, 0.3) is 0 Å². The third kappa shape index (κ3) is 3.40. The van der Waals surface area contributed by atoms with E-state index in [1.54, 1.807) is 37.4 Å². The molecule has 1 aromatic carbocycles. The van der Waals surface area contributed by atoms with Crippen LogP contribution in [0.15, 0.2) is 36.5 Å². The summed E-state index contributed by atoms with van der Waals surface area (Å²) in [7, 11) is 3.07. The largest absolute Gasteiger partial charge is 0.497 e. The van der Waals surface area contributed by atoms with Crippen LogP contribution in [0.2, 0.25) is 0 Å². The second-order valence-corrected chi connectivity index (χ2v) is 4.09. The van der Waals surface area contributed by atoms with Gasteiger partial charge < -0.3 is 20.2 Å². The topological polar surface area (TPSA) is 98.5 Å². The summed E-state index contributed by atoms with van der Waals surface area (Å²) in [6.07, 6.45) is 1.50. The van der Waals surface area contributed by atoms with Crippen molar-refractivity contribution in [1.82, 2.24) is 4.98 Å². The fraction of sp³-hybridized carbons (Fsp3) is 0.143. The lowest BCUT2D eigenvalue weighted by molar-refractivity contribution is 0.102. The fourth-order valence-corrected chi connectivity index (χ4v) is 1.73. The van der Waals surface area contributed by atoms with E-state index in [0.29, 0.717) is 22.9 Å². The Morgan fingerprint density at radius 1 is 1.19 bits per heavy atom. The summed E-state index contributed by atoms with van der Waals surface area (Å²) in [6.45, 7) is 0. The first-order valence-corrected chi connectivity index (χ1v) is 6.14. The van der Waals surface area contributed by atoms with Gasteiger partial charge in [0.15, 0.2) is 0 Å². The molecule has 0 aliphatic carbocycles. The van der Waals surface area contributed by atoms with Gasteiger partial charge in [0.05, 0.1) is 25.6 Å². The lowest BCUT2D eigenvalue weighted by Gasteiger charge is -2.11. The molecule has 0 saturated heterocycles. The number of ether oxygens (including phenoxy) is 2. The third-order valence-electron chi connectivity index (χ3n) is 2.82. The lowest BCUT2D eigenvalue weighted by atomic mass is 10.2. The number of anilines is 2. The molecule has 0 aliphatic rings. The molecule has 0 bridgehead atoms. The lowest BCUT2D eigenvalue weighted by Crippen LogP contribution is -2.15. The molecule has 21 heavy (non-hydrogen) atoms. The first kappa shape index (κ1) is 14.6. The number of carbonyl (C=O) groups excluding carboxylic acids is 1. The minimum absolute atomic E-state index is 0.239. The average Bonchev–Trinajstić information content (AvgIpc) is 2.55. The molecule has 0 aliphatic heterocycles. The number of carbonyl (C=O) groups is 1. The van der Waals surface area contributed by atoms with Crippen LogP contribution in [0.1, 0.15) is 10.5 Å². The van der Waals surface area contributed by atoms with Gasteiger partial charge in [-0.25, -0.2) is 0 Å². The van der Waals surface area contributed by atoms with E-state index in [1.807, 2.05) is 0 Å². The molecule has 1 heterocycles. The van der Waals surface area contributed by atoms with Crippen molar-refractivity contribution >= 4 is 17.3 Å². The summed E-state index contributed by atoms with van der Waals surface area (Å²) < 4.78 is 10.3. The Balaban J connectivity index is 2.22. The number of amides is 1. The van der Waals surface area contributed by atoms with Crippen molar-refractivity contribution in [3.8, 4) is 11.5 Å². The van der Waals surface area contributed by atoms with E-state index in [9.17, 15) is 4.79 Å². The van der Waals surface area contributed by atoms with Crippen LogP contribution < -0.4 is 26.1 Å². The van der Waals surface area contributed by atoms with E-state index in [2.05, 4.69) is 15.7 Å². The molecule has 0 atom stereocenters. The molecule has 0 unspecified atom stereocenters. The summed E-state index contributed by atoms with van der Waals surface area (Å²) >= 11 is 0. The van der Waals surface area contributed by atoms with Gasteiger partial charge in [-0.15, -0.1) is 0 Å². The van der Waals surface area contributed by atoms with Gasteiger partial charge in [0, 0.05) is 12.3 Å². The first-order valence-electron chi connectivity index (χ1n) is 6.14. The number of benzene rings is 1. The Bertz CT molecular complexity index is 646. The van der Waals surface area contributed by atoms with Crippen molar-refractivity contribution in [2.75, 3.05) is 25.0 Å². The number of nitrogens with zero attached hydrogens (tertiary/aromatic N) is 1. The average molecular weight is 288 g/mol. The van der Waals surface area contributed by atoms with Crippen molar-refractivity contribution < 1.29 is 14.3 Å². The van der Waals surface area contributed by atoms with Crippen molar-refractivity contribution in [2.45, 2.75) is 0 Å². The third-order valence-corrected chi connectivity index (χ3v) is 2.82. The van der Waals surface area contributed by atoms with Crippen LogP contribution in [0.5, 0.6) is 11.5 Å². The number of aromatic nitrogens is 1. The van der Waals surface area contributed by atoms with Crippen LogP contribution in [0.4, 0.5) is 11.4 Å². The SMILES string of the molecule is COc1ccc(NC(=O)c2cc(NN)ccn2)c(OC)c1. The Morgan fingerprint density at radius 2 is 2.00 bits per heavy atom. The van der Waals surface area contributed by atoms with Gasteiger partial charge in [0.1, 0.15) is 17.2 Å². The van der Waals surface area contributed by atoms with E-state index in [1.165, 1.54) is 13.3 Å². The maximum atomic E-state index is 12.2. The quantitative estimate of drug-likeness (QED) is 0.571. The van der Waals surface area contributed by atoms with Crippen molar-refractivity contribution in [1.29, 1.82) is 0 Å². The molecular weight excluding hydrogens is 272 g/mol. The maximum Gasteiger partial charge on any atom is 0.274 e. The smallest absolute Gasteiger partial charge is 0.274 e. The van der Waals surface area contributed by atoms with Gasteiger partial charge >= 0.3 is 0 Å². The fourth-order valence-electron chi connectivity index (χ4n) is 1.73. The van der Waals surface area contributed by atoms with Gasteiger partial charge in [-0.3, -0.25) is 15.6 Å². The second-order valence-electron chi connectivity index (χ2n) is 4.09. The Hall–Kier alpha value is -2.80. The van der Waals surface area contributed by atoms with E-state index in [0.717, 1.165) is 0 Å². The molecule has 2 aromatic rings. The standard InChI is InChI=1S/C14H16N4O3/c1-20-10-3-4-11(13(8-10)21-2)17-14(19)12-7-9(18-15)5-6-16-12/h3-8H,15H2,1-2H3,(H,16,18)(H,17,19). The molecule has 0 saturated carbocycles. The summed E-state index contributed by atoms with van der Waals surface area (Å²) in [5, 5.41) is 2.73. The zero-order chi connectivity index (χ0) is 15.2. The van der Waals surface area contributed by atoms with Crippen molar-refractivity contribution in [3.63, 3.8) is 0 Å². The molecule has 1 aromatic heterocycles. The number of pyridine rings is 1. The zero-order valence-corrected chi connectivity index (χ0v) is 11.7. The number of rotatable bonds is 5. The van der Waals surface area contributed by atoms with Crippen LogP contribution in [-0.4, -0.2) is 25.1 Å². The monoisotopic (exact) mass is 288 g/mol. The molecular formula is C14H16N4O3. The number of nitrogens with two attached hydrogens (primary N) is 1. The first-order chi connectivity index (χ1) is 10.2. The highest BCUT2D eigenvalue weighted by atomic mass is 16.5. The molecule has 110 valence electrons. The number of hydrazine groups is 1. The Morgan fingerprint density at radius 3 is 2.67 bits per heavy atom. The Kier molecular flexibility index (Phi) is 4.57. The van der Waals surface area contributed by atoms with Gasteiger partial charge in [-0.05, 0) is 24.3 Å².